The number of nitrogens with one attached hydrogen (secondary N) is 2. The molecule has 0 bridgehead atoms. The molecule has 0 aliphatic heterocycles. The largest absolute Gasteiger partial charge is 0.497 e. The Bertz CT molecular complexity index is 1770. The van der Waals surface area contributed by atoms with Gasteiger partial charge in [0, 0.05) is 29.2 Å². The summed E-state index contributed by atoms with van der Waals surface area (Å²) in [4.78, 5) is 13.0. The van der Waals surface area contributed by atoms with Crippen molar-refractivity contribution in [3.63, 3.8) is 0 Å². The Balaban J connectivity index is 1.15. The minimum atomic E-state index is 0.185. The second-order valence-corrected chi connectivity index (χ2v) is 9.64. The number of anilines is 1. The first-order valence-corrected chi connectivity index (χ1v) is 13.7. The zero-order chi connectivity index (χ0) is 28.2. The summed E-state index contributed by atoms with van der Waals surface area (Å²) in [5, 5.41) is 12.5. The highest BCUT2D eigenvalue weighted by Gasteiger charge is 2.24. The normalized spacial score (nSPS) is 11.5. The molecule has 0 saturated carbocycles. The van der Waals surface area contributed by atoms with Crippen molar-refractivity contribution in [1.82, 2.24) is 35.1 Å². The molecule has 210 valence electrons. The highest BCUT2D eigenvalue weighted by Crippen LogP contribution is 2.36. The molecular formula is C30H32N8O3. The summed E-state index contributed by atoms with van der Waals surface area (Å²) in [6.07, 6.45) is 5.58. The fourth-order valence-corrected chi connectivity index (χ4v) is 5.08. The maximum absolute atomic E-state index is 6.28. The van der Waals surface area contributed by atoms with Gasteiger partial charge in [-0.05, 0) is 66.9 Å². The molecule has 11 heteroatoms. The van der Waals surface area contributed by atoms with Crippen molar-refractivity contribution in [1.29, 1.82) is 0 Å². The number of nitrogen functional groups attached to an aromatic ring is 1. The first-order chi connectivity index (χ1) is 20.2. The third kappa shape index (κ3) is 5.19. The van der Waals surface area contributed by atoms with Gasteiger partial charge in [0.25, 0.3) is 0 Å². The van der Waals surface area contributed by atoms with Crippen LogP contribution in [-0.4, -0.2) is 56.6 Å². The van der Waals surface area contributed by atoms with Gasteiger partial charge in [-0.3, -0.25) is 0 Å². The number of H-pyrrole nitrogens is 1. The van der Waals surface area contributed by atoms with Gasteiger partial charge in [-0.25, -0.2) is 14.6 Å². The Kier molecular flexibility index (Phi) is 7.50. The van der Waals surface area contributed by atoms with E-state index in [2.05, 4.69) is 32.9 Å². The average molecular weight is 553 g/mol. The molecule has 6 aromatic rings. The molecule has 0 spiro atoms. The van der Waals surface area contributed by atoms with Gasteiger partial charge in [0.2, 0.25) is 0 Å². The van der Waals surface area contributed by atoms with Gasteiger partial charge in [0.15, 0.2) is 23.1 Å². The molecule has 0 amide bonds. The van der Waals surface area contributed by atoms with Crippen LogP contribution in [-0.2, 0) is 13.0 Å². The molecule has 2 aromatic carbocycles. The average Bonchev–Trinajstić information content (AvgIpc) is 3.73. The Hall–Kier alpha value is -4.90. The summed E-state index contributed by atoms with van der Waals surface area (Å²) in [6.45, 7) is 4.86. The number of fused-ring (bicyclic) bond motifs is 2. The topological polar surface area (TPSA) is 142 Å². The molecule has 0 saturated heterocycles. The second kappa shape index (κ2) is 11.7. The van der Waals surface area contributed by atoms with E-state index in [-0.39, 0.29) is 5.82 Å². The lowest BCUT2D eigenvalue weighted by Crippen LogP contribution is -2.20. The van der Waals surface area contributed by atoms with E-state index in [4.69, 9.17) is 29.8 Å². The van der Waals surface area contributed by atoms with Crippen molar-refractivity contribution >= 4 is 27.8 Å². The van der Waals surface area contributed by atoms with E-state index < -0.39 is 0 Å². The standard InChI is InChI=1S/C30H32N8O3/c1-3-38-28-24(40-15-7-13-32-14-12-20-17-33-23-11-10-21(39-2)16-22(20)23)18-34-25(19-8-5-4-6-9-19)26(28)35-30(38)27-29(31)37-41-36-27/h4-6,8-11,16-18,32-33H,3,7,12-15H2,1-2H3,(H2,31,37). The summed E-state index contributed by atoms with van der Waals surface area (Å²) in [7, 11) is 1.69. The van der Waals surface area contributed by atoms with E-state index in [1.807, 2.05) is 54.0 Å². The lowest BCUT2D eigenvalue weighted by atomic mass is 10.1. The Morgan fingerprint density at radius 3 is 2.73 bits per heavy atom. The lowest BCUT2D eigenvalue weighted by molar-refractivity contribution is 0.309. The highest BCUT2D eigenvalue weighted by atomic mass is 16.6. The molecule has 6 rings (SSSR count). The van der Waals surface area contributed by atoms with Gasteiger partial charge >= 0.3 is 0 Å². The Morgan fingerprint density at radius 2 is 1.95 bits per heavy atom. The van der Waals surface area contributed by atoms with Gasteiger partial charge in [0.05, 0.1) is 25.6 Å². The third-order valence-corrected chi connectivity index (χ3v) is 7.13. The number of ether oxygens (including phenoxy) is 2. The molecule has 4 aromatic heterocycles. The van der Waals surface area contributed by atoms with E-state index in [0.29, 0.717) is 35.9 Å². The van der Waals surface area contributed by atoms with Crippen LogP contribution < -0.4 is 20.5 Å². The van der Waals surface area contributed by atoms with E-state index in [1.165, 1.54) is 10.9 Å². The van der Waals surface area contributed by atoms with Crippen LogP contribution in [0.5, 0.6) is 11.5 Å². The van der Waals surface area contributed by atoms with E-state index in [9.17, 15) is 0 Å². The van der Waals surface area contributed by atoms with Crippen molar-refractivity contribution in [3.05, 3.63) is 66.5 Å². The number of benzene rings is 2. The molecule has 0 aliphatic carbocycles. The van der Waals surface area contributed by atoms with E-state index >= 15 is 0 Å². The Labute approximate surface area is 236 Å². The van der Waals surface area contributed by atoms with Gasteiger partial charge < -0.3 is 30.1 Å². The predicted octanol–water partition coefficient (Wildman–Crippen LogP) is 4.84. The zero-order valence-electron chi connectivity index (χ0n) is 23.1. The van der Waals surface area contributed by atoms with Crippen LogP contribution in [0.15, 0.2) is 65.6 Å². The number of hydrogen-bond acceptors (Lipinski definition) is 9. The third-order valence-electron chi connectivity index (χ3n) is 7.13. The van der Waals surface area contributed by atoms with Crippen LogP contribution in [0.25, 0.3) is 44.7 Å². The fourth-order valence-electron chi connectivity index (χ4n) is 5.08. The van der Waals surface area contributed by atoms with Crippen molar-refractivity contribution < 1.29 is 14.1 Å². The molecule has 4 N–H and O–H groups in total. The number of nitrogens with zero attached hydrogens (tertiary/aromatic N) is 5. The van der Waals surface area contributed by atoms with Crippen molar-refractivity contribution in [2.75, 3.05) is 32.5 Å². The van der Waals surface area contributed by atoms with Gasteiger partial charge in [0.1, 0.15) is 16.8 Å². The highest BCUT2D eigenvalue weighted by molar-refractivity contribution is 5.95. The van der Waals surface area contributed by atoms with Crippen molar-refractivity contribution in [2.24, 2.45) is 0 Å². The van der Waals surface area contributed by atoms with Crippen LogP contribution in [0, 0.1) is 0 Å². The van der Waals surface area contributed by atoms with Crippen LogP contribution in [0.4, 0.5) is 5.82 Å². The molecule has 0 unspecified atom stereocenters. The number of imidazole rings is 1. The number of aryl methyl sites for hydroxylation is 1. The van der Waals surface area contributed by atoms with Crippen LogP contribution in [0.2, 0.25) is 0 Å². The van der Waals surface area contributed by atoms with E-state index in [1.54, 1.807) is 13.3 Å². The van der Waals surface area contributed by atoms with E-state index in [0.717, 1.165) is 54.0 Å². The van der Waals surface area contributed by atoms with Gasteiger partial charge in [-0.1, -0.05) is 30.3 Å². The van der Waals surface area contributed by atoms with Crippen LogP contribution in [0.1, 0.15) is 18.9 Å². The number of pyridine rings is 1. The van der Waals surface area contributed by atoms with Crippen LogP contribution in [0.3, 0.4) is 0 Å². The molecule has 0 atom stereocenters. The number of rotatable bonds is 12. The minimum Gasteiger partial charge on any atom is -0.497 e. The molecule has 11 nitrogen and oxygen atoms in total. The lowest BCUT2D eigenvalue weighted by Gasteiger charge is -2.12. The SMILES string of the molecule is CCn1c(-c2nonc2N)nc2c(-c3ccccc3)ncc(OCCCNCCc3c[nH]c4ccc(OC)cc34)c21. The number of aromatic amines is 1. The first-order valence-electron chi connectivity index (χ1n) is 13.7. The Morgan fingerprint density at radius 1 is 1.07 bits per heavy atom. The fraction of sp³-hybridized carbons (Fsp3) is 0.267. The molecule has 41 heavy (non-hydrogen) atoms. The monoisotopic (exact) mass is 552 g/mol. The first kappa shape index (κ1) is 26.3. The molecular weight excluding hydrogens is 520 g/mol. The summed E-state index contributed by atoms with van der Waals surface area (Å²) in [6, 6.07) is 16.0. The molecule has 0 radical (unpaired) electrons. The summed E-state index contributed by atoms with van der Waals surface area (Å²) < 4.78 is 18.5. The van der Waals surface area contributed by atoms with Crippen LogP contribution >= 0.6 is 0 Å². The number of aromatic nitrogens is 6. The molecule has 0 fully saturated rings. The van der Waals surface area contributed by atoms with Crippen molar-refractivity contribution in [2.45, 2.75) is 26.3 Å². The summed E-state index contributed by atoms with van der Waals surface area (Å²) in [5.41, 5.74) is 12.1. The number of hydrogen-bond donors (Lipinski definition) is 3. The van der Waals surface area contributed by atoms with Gasteiger partial charge in [-0.15, -0.1) is 0 Å². The summed E-state index contributed by atoms with van der Waals surface area (Å²) >= 11 is 0. The predicted molar refractivity (Wildman–Crippen MR) is 158 cm³/mol. The molecule has 0 aliphatic rings. The maximum Gasteiger partial charge on any atom is 0.199 e. The summed E-state index contributed by atoms with van der Waals surface area (Å²) in [5.74, 6) is 2.27. The second-order valence-electron chi connectivity index (χ2n) is 9.64. The van der Waals surface area contributed by atoms with Crippen molar-refractivity contribution in [3.8, 4) is 34.3 Å². The quantitative estimate of drug-likeness (QED) is 0.182. The maximum atomic E-state index is 6.28. The minimum absolute atomic E-state index is 0.185. The smallest absolute Gasteiger partial charge is 0.199 e. The number of methoxy groups -OCH3 is 1. The molecule has 4 heterocycles. The zero-order valence-corrected chi connectivity index (χ0v) is 23.1. The van der Waals surface area contributed by atoms with Gasteiger partial charge in [-0.2, -0.15) is 0 Å². The number of nitrogens with two attached hydrogens (primary N) is 1.